The molecule has 3 aliphatic rings. The number of nitrogens with zero attached hydrogens (tertiary/aromatic N) is 3. The summed E-state index contributed by atoms with van der Waals surface area (Å²) in [5.41, 5.74) is -0.655. The first-order valence-corrected chi connectivity index (χ1v) is 9.22. The molecule has 1 spiro atoms. The Balaban J connectivity index is 1.53. The first kappa shape index (κ1) is 16.7. The van der Waals surface area contributed by atoms with Crippen LogP contribution in [0.1, 0.15) is 5.01 Å². The molecule has 0 N–H and O–H groups in total. The highest BCUT2D eigenvalue weighted by Gasteiger charge is 2.66. The third kappa shape index (κ3) is 2.59. The lowest BCUT2D eigenvalue weighted by Crippen LogP contribution is -2.44. The number of carbonyl (C=O) groups excluding carboxylic acids is 2. The van der Waals surface area contributed by atoms with Crippen LogP contribution in [-0.4, -0.2) is 72.2 Å². The summed E-state index contributed by atoms with van der Waals surface area (Å²) >= 11 is 1.52. The van der Waals surface area contributed by atoms with Gasteiger partial charge in [-0.1, -0.05) is 12.2 Å². The molecule has 0 aliphatic carbocycles. The molecule has 2 unspecified atom stereocenters. The van der Waals surface area contributed by atoms with Gasteiger partial charge in [-0.3, -0.25) is 9.59 Å². The highest BCUT2D eigenvalue weighted by molar-refractivity contribution is 7.09. The van der Waals surface area contributed by atoms with Crippen LogP contribution in [0.4, 0.5) is 0 Å². The van der Waals surface area contributed by atoms with Gasteiger partial charge >= 0.3 is 0 Å². The highest BCUT2D eigenvalue weighted by Crippen LogP contribution is 2.52. The maximum absolute atomic E-state index is 13.1. The highest BCUT2D eigenvalue weighted by atomic mass is 32.1. The van der Waals surface area contributed by atoms with Gasteiger partial charge in [-0.05, 0) is 0 Å². The average molecular weight is 363 g/mol. The molecule has 7 nitrogen and oxygen atoms in total. The minimum Gasteiger partial charge on any atom is -0.383 e. The normalized spacial score (nSPS) is 32.5. The number of hydrogen-bond donors (Lipinski definition) is 0. The molecule has 2 bridgehead atoms. The number of likely N-dealkylation sites (tertiary alicyclic amines) is 1. The number of amides is 2. The Bertz CT molecular complexity index is 707. The fraction of sp³-hybridized carbons (Fsp3) is 0.588. The van der Waals surface area contributed by atoms with Gasteiger partial charge in [0.1, 0.15) is 10.6 Å². The lowest BCUT2D eigenvalue weighted by molar-refractivity contribution is -0.142. The molecular formula is C17H21N3O4S. The van der Waals surface area contributed by atoms with Crippen LogP contribution in [0.3, 0.4) is 0 Å². The molecule has 4 heterocycles. The summed E-state index contributed by atoms with van der Waals surface area (Å²) in [7, 11) is 3.37. The second-order valence-corrected chi connectivity index (χ2v) is 7.75. The second kappa shape index (κ2) is 6.19. The molecular weight excluding hydrogens is 342 g/mol. The van der Waals surface area contributed by atoms with Crippen molar-refractivity contribution in [3.8, 4) is 0 Å². The Morgan fingerprint density at radius 3 is 3.16 bits per heavy atom. The van der Waals surface area contributed by atoms with Crippen molar-refractivity contribution in [3.05, 3.63) is 28.7 Å². The summed E-state index contributed by atoms with van der Waals surface area (Å²) in [6, 6.07) is 0. The standard InChI is InChI=1S/C17H21N3O4S/c1-19(9-12-18-5-8-25-12)15(21)13-11-3-4-17(24-11)10-20(6-7-23-2)16(22)14(13)17/h3-5,8,11,13-14H,6-7,9-10H2,1-2H3/t11-,13?,14?,17-/m1/s1. The summed E-state index contributed by atoms with van der Waals surface area (Å²) in [6.45, 7) is 1.94. The van der Waals surface area contributed by atoms with E-state index in [0.717, 1.165) is 5.01 Å². The zero-order valence-electron chi connectivity index (χ0n) is 14.3. The van der Waals surface area contributed by atoms with Crippen LogP contribution >= 0.6 is 11.3 Å². The van der Waals surface area contributed by atoms with Crippen molar-refractivity contribution in [3.63, 3.8) is 0 Å². The van der Waals surface area contributed by atoms with E-state index in [2.05, 4.69) is 4.98 Å². The van der Waals surface area contributed by atoms with Gasteiger partial charge in [-0.25, -0.2) is 4.98 Å². The van der Waals surface area contributed by atoms with Crippen LogP contribution in [0.25, 0.3) is 0 Å². The monoisotopic (exact) mass is 363 g/mol. The van der Waals surface area contributed by atoms with Crippen molar-refractivity contribution in [2.75, 3.05) is 33.9 Å². The van der Waals surface area contributed by atoms with Crippen molar-refractivity contribution in [2.24, 2.45) is 11.8 Å². The van der Waals surface area contributed by atoms with E-state index < -0.39 is 17.4 Å². The lowest BCUT2D eigenvalue weighted by atomic mass is 9.76. The molecule has 8 heteroatoms. The predicted molar refractivity (Wildman–Crippen MR) is 90.8 cm³/mol. The molecule has 0 aromatic carbocycles. The molecule has 2 amide bonds. The molecule has 134 valence electrons. The van der Waals surface area contributed by atoms with Gasteiger partial charge in [0.25, 0.3) is 0 Å². The first-order chi connectivity index (χ1) is 12.1. The molecule has 1 aromatic heterocycles. The minimum atomic E-state index is -0.655. The Kier molecular flexibility index (Phi) is 4.13. The zero-order valence-corrected chi connectivity index (χ0v) is 15.1. The summed E-state index contributed by atoms with van der Waals surface area (Å²) in [5, 5.41) is 2.77. The Hall–Kier alpha value is -1.77. The van der Waals surface area contributed by atoms with Crippen LogP contribution < -0.4 is 0 Å². The average Bonchev–Trinajstić information content (AvgIpc) is 3.35. The summed E-state index contributed by atoms with van der Waals surface area (Å²) < 4.78 is 11.2. The molecule has 4 atom stereocenters. The quantitative estimate of drug-likeness (QED) is 0.690. The van der Waals surface area contributed by atoms with E-state index in [0.29, 0.717) is 26.2 Å². The summed E-state index contributed by atoms with van der Waals surface area (Å²) in [4.78, 5) is 33.6. The fourth-order valence-corrected chi connectivity index (χ4v) is 4.79. The number of rotatable bonds is 6. The molecule has 1 aromatic rings. The van der Waals surface area contributed by atoms with Crippen molar-refractivity contribution in [2.45, 2.75) is 18.2 Å². The molecule has 2 fully saturated rings. The van der Waals surface area contributed by atoms with Crippen molar-refractivity contribution in [1.29, 1.82) is 0 Å². The number of fused-ring (bicyclic) bond motifs is 1. The third-order valence-electron chi connectivity index (χ3n) is 5.26. The van der Waals surface area contributed by atoms with E-state index in [-0.39, 0.29) is 17.9 Å². The maximum Gasteiger partial charge on any atom is 0.230 e. The molecule has 4 rings (SSSR count). The topological polar surface area (TPSA) is 72.0 Å². The molecule has 25 heavy (non-hydrogen) atoms. The Labute approximate surface area is 150 Å². The van der Waals surface area contributed by atoms with Gasteiger partial charge < -0.3 is 19.3 Å². The SMILES string of the molecule is COCCN1C[C@@]23C=C[C@@H](O2)C(C(=O)N(C)Cc2nccs2)C3C1=O. The molecule has 0 radical (unpaired) electrons. The van der Waals surface area contributed by atoms with Crippen molar-refractivity contribution in [1.82, 2.24) is 14.8 Å². The molecule has 2 saturated heterocycles. The number of hydrogen-bond acceptors (Lipinski definition) is 6. The van der Waals surface area contributed by atoms with Gasteiger partial charge in [-0.2, -0.15) is 0 Å². The zero-order chi connectivity index (χ0) is 17.6. The van der Waals surface area contributed by atoms with Crippen LogP contribution in [0.5, 0.6) is 0 Å². The number of carbonyl (C=O) groups is 2. The predicted octanol–water partition coefficient (Wildman–Crippen LogP) is 0.530. The number of thiazole rings is 1. The van der Waals surface area contributed by atoms with Gasteiger partial charge in [0.05, 0.1) is 37.6 Å². The third-order valence-corrected chi connectivity index (χ3v) is 6.03. The number of methoxy groups -OCH3 is 1. The first-order valence-electron chi connectivity index (χ1n) is 8.34. The maximum atomic E-state index is 13.1. The minimum absolute atomic E-state index is 0.00935. The number of aromatic nitrogens is 1. The van der Waals surface area contributed by atoms with Crippen LogP contribution in [0, 0.1) is 11.8 Å². The van der Waals surface area contributed by atoms with Gasteiger partial charge in [0, 0.05) is 32.3 Å². The molecule has 0 saturated carbocycles. The van der Waals surface area contributed by atoms with E-state index in [1.54, 1.807) is 30.2 Å². The van der Waals surface area contributed by atoms with Crippen LogP contribution in [0.15, 0.2) is 23.7 Å². The Morgan fingerprint density at radius 1 is 1.60 bits per heavy atom. The lowest BCUT2D eigenvalue weighted by Gasteiger charge is -2.27. The smallest absolute Gasteiger partial charge is 0.230 e. The van der Waals surface area contributed by atoms with E-state index in [1.807, 2.05) is 17.5 Å². The number of ether oxygens (including phenoxy) is 2. The summed E-state index contributed by atoms with van der Waals surface area (Å²) in [5.74, 6) is -0.969. The summed E-state index contributed by atoms with van der Waals surface area (Å²) in [6.07, 6.45) is 5.32. The largest absolute Gasteiger partial charge is 0.383 e. The van der Waals surface area contributed by atoms with Crippen molar-refractivity contribution < 1.29 is 19.1 Å². The van der Waals surface area contributed by atoms with Crippen molar-refractivity contribution >= 4 is 23.2 Å². The van der Waals surface area contributed by atoms with Crippen LogP contribution in [-0.2, 0) is 25.6 Å². The fourth-order valence-electron chi connectivity index (χ4n) is 4.12. The van der Waals surface area contributed by atoms with Gasteiger partial charge in [0.15, 0.2) is 0 Å². The van der Waals surface area contributed by atoms with Gasteiger partial charge in [0.2, 0.25) is 11.8 Å². The van der Waals surface area contributed by atoms with E-state index in [1.165, 1.54) is 11.3 Å². The van der Waals surface area contributed by atoms with E-state index >= 15 is 0 Å². The second-order valence-electron chi connectivity index (χ2n) is 6.77. The van der Waals surface area contributed by atoms with E-state index in [9.17, 15) is 9.59 Å². The van der Waals surface area contributed by atoms with Crippen LogP contribution in [0.2, 0.25) is 0 Å². The van der Waals surface area contributed by atoms with E-state index in [4.69, 9.17) is 9.47 Å². The molecule has 3 aliphatic heterocycles. The Morgan fingerprint density at radius 2 is 2.44 bits per heavy atom. The van der Waals surface area contributed by atoms with Gasteiger partial charge in [-0.15, -0.1) is 11.3 Å².